The van der Waals surface area contributed by atoms with Crippen LogP contribution in [0.1, 0.15) is 5.56 Å². The van der Waals surface area contributed by atoms with Crippen molar-refractivity contribution in [3.05, 3.63) is 81.0 Å². The first-order valence-electron chi connectivity index (χ1n) is 6.17. The number of fused-ring (bicyclic) bond motifs is 1. The van der Waals surface area contributed by atoms with Crippen molar-refractivity contribution in [1.29, 1.82) is 0 Å². The maximum Gasteiger partial charge on any atom is 0.361 e. The summed E-state index contributed by atoms with van der Waals surface area (Å²) in [6, 6.07) is 16.3. The molecule has 3 rings (SSSR count). The molecule has 0 unspecified atom stereocenters. The number of hydrogen-bond donors (Lipinski definition) is 1. The largest absolute Gasteiger partial charge is 0.404 e. The highest BCUT2D eigenvalue weighted by Gasteiger charge is 2.07. The number of para-hydroxylation sites is 1. The summed E-state index contributed by atoms with van der Waals surface area (Å²) in [5, 5.41) is 0.417. The minimum Gasteiger partial charge on any atom is -0.404 e. The van der Waals surface area contributed by atoms with Gasteiger partial charge < -0.3 is 4.84 Å². The molecule has 0 radical (unpaired) electrons. The SMILES string of the molecule is O=c1[nH]c(=O)n(OCc2ccccc2)c2ccccc12. The van der Waals surface area contributed by atoms with Crippen molar-refractivity contribution in [3.8, 4) is 0 Å². The molecule has 0 aliphatic rings. The summed E-state index contributed by atoms with van der Waals surface area (Å²) < 4.78 is 1.11. The number of benzene rings is 2. The second-order valence-electron chi connectivity index (χ2n) is 4.33. The predicted molar refractivity (Wildman–Crippen MR) is 75.6 cm³/mol. The Bertz CT molecular complexity index is 850. The van der Waals surface area contributed by atoms with Gasteiger partial charge in [0.25, 0.3) is 5.56 Å². The molecule has 1 N–H and O–H groups in total. The molecular weight excluding hydrogens is 256 g/mol. The van der Waals surface area contributed by atoms with Crippen LogP contribution in [0.5, 0.6) is 0 Å². The molecule has 0 spiro atoms. The van der Waals surface area contributed by atoms with Gasteiger partial charge in [0.15, 0.2) is 0 Å². The van der Waals surface area contributed by atoms with Gasteiger partial charge in [-0.25, -0.2) is 4.79 Å². The Labute approximate surface area is 114 Å². The summed E-state index contributed by atoms with van der Waals surface area (Å²) in [5.41, 5.74) is 0.404. The zero-order chi connectivity index (χ0) is 13.9. The van der Waals surface area contributed by atoms with Crippen LogP contribution < -0.4 is 16.1 Å². The molecular formula is C15H12N2O3. The van der Waals surface area contributed by atoms with E-state index in [2.05, 4.69) is 4.98 Å². The van der Waals surface area contributed by atoms with E-state index in [0.29, 0.717) is 10.9 Å². The van der Waals surface area contributed by atoms with E-state index in [1.165, 1.54) is 0 Å². The lowest BCUT2D eigenvalue weighted by atomic mass is 10.2. The number of nitrogens with one attached hydrogen (secondary N) is 1. The van der Waals surface area contributed by atoms with Crippen molar-refractivity contribution >= 4 is 10.9 Å². The van der Waals surface area contributed by atoms with Crippen LogP contribution >= 0.6 is 0 Å². The number of rotatable bonds is 3. The Morgan fingerprint density at radius 3 is 2.45 bits per heavy atom. The molecule has 0 atom stereocenters. The average Bonchev–Trinajstić information content (AvgIpc) is 2.48. The van der Waals surface area contributed by atoms with E-state index in [1.807, 2.05) is 30.3 Å². The number of H-pyrrole nitrogens is 1. The summed E-state index contributed by atoms with van der Waals surface area (Å²) in [5.74, 6) is 0. The zero-order valence-corrected chi connectivity index (χ0v) is 10.6. The fourth-order valence-electron chi connectivity index (χ4n) is 2.01. The minimum absolute atomic E-state index is 0.247. The third-order valence-electron chi connectivity index (χ3n) is 2.98. The monoisotopic (exact) mass is 268 g/mol. The first-order valence-corrected chi connectivity index (χ1v) is 6.17. The van der Waals surface area contributed by atoms with Crippen LogP contribution in [0.25, 0.3) is 10.9 Å². The van der Waals surface area contributed by atoms with Gasteiger partial charge in [-0.05, 0) is 17.7 Å². The first kappa shape index (κ1) is 12.2. The Morgan fingerprint density at radius 1 is 0.950 bits per heavy atom. The van der Waals surface area contributed by atoms with Crippen LogP contribution in [0.2, 0.25) is 0 Å². The molecule has 0 saturated carbocycles. The quantitative estimate of drug-likeness (QED) is 0.779. The molecule has 5 nitrogen and oxygen atoms in total. The molecule has 0 saturated heterocycles. The lowest BCUT2D eigenvalue weighted by Gasteiger charge is -2.10. The fourth-order valence-corrected chi connectivity index (χ4v) is 2.01. The van der Waals surface area contributed by atoms with E-state index >= 15 is 0 Å². The highest BCUT2D eigenvalue weighted by atomic mass is 16.7. The molecule has 1 aromatic heterocycles. The number of aromatic nitrogens is 2. The third-order valence-corrected chi connectivity index (χ3v) is 2.98. The van der Waals surface area contributed by atoms with E-state index in [1.54, 1.807) is 24.3 Å². The Kier molecular flexibility index (Phi) is 3.09. The van der Waals surface area contributed by atoms with Crippen molar-refractivity contribution in [2.24, 2.45) is 0 Å². The van der Waals surface area contributed by atoms with Crippen molar-refractivity contribution in [3.63, 3.8) is 0 Å². The van der Waals surface area contributed by atoms with Crippen LogP contribution in [0.4, 0.5) is 0 Å². The Hall–Kier alpha value is -2.82. The van der Waals surface area contributed by atoms with Gasteiger partial charge in [-0.1, -0.05) is 42.5 Å². The molecule has 0 amide bonds. The van der Waals surface area contributed by atoms with Crippen LogP contribution in [-0.4, -0.2) is 9.71 Å². The molecule has 20 heavy (non-hydrogen) atoms. The van der Waals surface area contributed by atoms with Crippen molar-refractivity contribution in [1.82, 2.24) is 9.71 Å². The summed E-state index contributed by atoms with van der Waals surface area (Å²) in [6.45, 7) is 0.247. The van der Waals surface area contributed by atoms with Gasteiger partial charge in [0, 0.05) is 0 Å². The van der Waals surface area contributed by atoms with Crippen LogP contribution in [0, 0.1) is 0 Å². The van der Waals surface area contributed by atoms with Crippen molar-refractivity contribution < 1.29 is 4.84 Å². The molecule has 100 valence electrons. The minimum atomic E-state index is -0.579. The molecule has 0 aliphatic carbocycles. The second-order valence-corrected chi connectivity index (χ2v) is 4.33. The zero-order valence-electron chi connectivity index (χ0n) is 10.6. The van der Waals surface area contributed by atoms with Crippen LogP contribution in [-0.2, 0) is 6.61 Å². The van der Waals surface area contributed by atoms with Crippen molar-refractivity contribution in [2.75, 3.05) is 0 Å². The summed E-state index contributed by atoms with van der Waals surface area (Å²) in [6.07, 6.45) is 0. The van der Waals surface area contributed by atoms with E-state index in [-0.39, 0.29) is 6.61 Å². The maximum absolute atomic E-state index is 11.9. The lowest BCUT2D eigenvalue weighted by molar-refractivity contribution is 0.0960. The van der Waals surface area contributed by atoms with Crippen LogP contribution in [0.3, 0.4) is 0 Å². The topological polar surface area (TPSA) is 64.1 Å². The maximum atomic E-state index is 11.9. The lowest BCUT2D eigenvalue weighted by Crippen LogP contribution is -2.34. The summed E-state index contributed by atoms with van der Waals surface area (Å²) in [7, 11) is 0. The fraction of sp³-hybridized carbons (Fsp3) is 0.0667. The summed E-state index contributed by atoms with van der Waals surface area (Å²) in [4.78, 5) is 31.3. The van der Waals surface area contributed by atoms with Gasteiger partial charge in [-0.3, -0.25) is 9.78 Å². The standard InChI is InChI=1S/C15H12N2O3/c18-14-12-8-4-5-9-13(12)17(15(19)16-14)20-10-11-6-2-1-3-7-11/h1-9H,10H2,(H,16,18,19). The number of aromatic amines is 1. The molecule has 5 heteroatoms. The van der Waals surface area contributed by atoms with Gasteiger partial charge >= 0.3 is 5.69 Å². The molecule has 2 aromatic carbocycles. The predicted octanol–water partition coefficient (Wildman–Crippen LogP) is 1.32. The molecule has 0 aliphatic heterocycles. The molecule has 0 bridgehead atoms. The van der Waals surface area contributed by atoms with Crippen molar-refractivity contribution in [2.45, 2.75) is 6.61 Å². The number of hydrogen-bond acceptors (Lipinski definition) is 3. The average molecular weight is 268 g/mol. The molecule has 0 fully saturated rings. The number of nitrogens with zero attached hydrogens (tertiary/aromatic N) is 1. The van der Waals surface area contributed by atoms with Gasteiger partial charge in [0.1, 0.15) is 6.61 Å². The molecule has 3 aromatic rings. The molecule has 1 heterocycles. The van der Waals surface area contributed by atoms with E-state index < -0.39 is 11.2 Å². The van der Waals surface area contributed by atoms with E-state index in [4.69, 9.17) is 4.84 Å². The smallest absolute Gasteiger partial charge is 0.361 e. The van der Waals surface area contributed by atoms with Gasteiger partial charge in [0.05, 0.1) is 10.9 Å². The third kappa shape index (κ3) is 2.21. The van der Waals surface area contributed by atoms with Crippen LogP contribution in [0.15, 0.2) is 64.2 Å². The van der Waals surface area contributed by atoms with Gasteiger partial charge in [-0.2, -0.15) is 0 Å². The highest BCUT2D eigenvalue weighted by molar-refractivity contribution is 5.77. The van der Waals surface area contributed by atoms with Gasteiger partial charge in [0.2, 0.25) is 0 Å². The normalized spacial score (nSPS) is 10.6. The van der Waals surface area contributed by atoms with Gasteiger partial charge in [-0.15, -0.1) is 4.73 Å². The first-order chi connectivity index (χ1) is 9.75. The Morgan fingerprint density at radius 2 is 1.65 bits per heavy atom. The Balaban J connectivity index is 2.03. The highest BCUT2D eigenvalue weighted by Crippen LogP contribution is 2.06. The van der Waals surface area contributed by atoms with E-state index in [0.717, 1.165) is 10.3 Å². The second kappa shape index (κ2) is 5.05. The summed E-state index contributed by atoms with van der Waals surface area (Å²) >= 11 is 0. The van der Waals surface area contributed by atoms with E-state index in [9.17, 15) is 9.59 Å².